The molecule has 0 N–H and O–H groups in total. The zero-order valence-electron chi connectivity index (χ0n) is 15.9. The summed E-state index contributed by atoms with van der Waals surface area (Å²) in [6.07, 6.45) is 2.49. The number of fused-ring (bicyclic) bond motifs is 2. The van der Waals surface area contributed by atoms with E-state index in [9.17, 15) is 4.79 Å². The number of benzene rings is 1. The molecule has 0 spiro atoms. The maximum atomic E-state index is 13.4. The third kappa shape index (κ3) is 3.02. The number of rotatable bonds is 2. The van der Waals surface area contributed by atoms with Crippen molar-refractivity contribution in [3.05, 3.63) is 64.0 Å². The van der Waals surface area contributed by atoms with E-state index in [1.54, 1.807) is 29.9 Å². The molecule has 4 aromatic rings. The van der Waals surface area contributed by atoms with Gasteiger partial charge in [0.2, 0.25) is 0 Å². The van der Waals surface area contributed by atoms with E-state index < -0.39 is 0 Å². The van der Waals surface area contributed by atoms with Crippen LogP contribution in [0.25, 0.3) is 17.0 Å². The average molecular weight is 452 g/mol. The zero-order valence-corrected chi connectivity index (χ0v) is 17.5. The largest absolute Gasteiger partial charge is 0.330 e. The topological polar surface area (TPSA) is 81.2 Å². The van der Waals surface area contributed by atoms with E-state index >= 15 is 0 Å². The highest BCUT2D eigenvalue weighted by Gasteiger charge is 2.29. The van der Waals surface area contributed by atoms with Gasteiger partial charge in [0.25, 0.3) is 5.91 Å². The van der Waals surface area contributed by atoms with E-state index in [1.807, 2.05) is 17.0 Å². The molecule has 4 heterocycles. The first-order valence-electron chi connectivity index (χ1n) is 9.33. The van der Waals surface area contributed by atoms with Gasteiger partial charge in [0.05, 0.1) is 17.9 Å². The lowest BCUT2D eigenvalue weighted by molar-refractivity contribution is 0.0672. The first-order chi connectivity index (χ1) is 14.0. The smallest absolute Gasteiger partial charge is 0.273 e. The molecule has 0 fully saturated rings. The van der Waals surface area contributed by atoms with E-state index in [4.69, 9.17) is 0 Å². The lowest BCUT2D eigenvalue weighted by atomic mass is 9.93. The number of hydrogen-bond donors (Lipinski definition) is 0. The summed E-state index contributed by atoms with van der Waals surface area (Å²) < 4.78 is 2.31. The molecule has 146 valence electrons. The van der Waals surface area contributed by atoms with Crippen LogP contribution in [0.3, 0.4) is 0 Å². The number of halogens is 1. The highest BCUT2D eigenvalue weighted by molar-refractivity contribution is 9.10. The minimum absolute atomic E-state index is 0.0120. The molecule has 1 aliphatic heterocycles. The Morgan fingerprint density at radius 1 is 1.21 bits per heavy atom. The van der Waals surface area contributed by atoms with Crippen molar-refractivity contribution in [3.8, 4) is 11.4 Å². The summed E-state index contributed by atoms with van der Waals surface area (Å²) in [5.74, 6) is -0.100. The lowest BCUT2D eigenvalue weighted by Crippen LogP contribution is -2.39. The highest BCUT2D eigenvalue weighted by atomic mass is 79.9. The van der Waals surface area contributed by atoms with E-state index in [1.165, 1.54) is 15.9 Å². The number of amides is 1. The summed E-state index contributed by atoms with van der Waals surface area (Å²) in [6.45, 7) is 2.72. The molecular formula is C20H18BrN7O. The summed E-state index contributed by atoms with van der Waals surface area (Å²) in [5.41, 5.74) is 4.73. The fourth-order valence-electron chi connectivity index (χ4n) is 3.90. The number of carbonyl (C=O) groups is 1. The maximum absolute atomic E-state index is 13.4. The van der Waals surface area contributed by atoms with Crippen LogP contribution in [0, 0.1) is 0 Å². The molecule has 9 heteroatoms. The van der Waals surface area contributed by atoms with Gasteiger partial charge in [0.1, 0.15) is 16.0 Å². The molecule has 0 bridgehead atoms. The molecule has 0 radical (unpaired) electrons. The zero-order chi connectivity index (χ0) is 20.1. The second kappa shape index (κ2) is 6.77. The molecule has 0 aliphatic carbocycles. The molecule has 29 heavy (non-hydrogen) atoms. The number of aryl methyl sites for hydroxylation is 1. The van der Waals surface area contributed by atoms with Crippen molar-refractivity contribution in [1.29, 1.82) is 0 Å². The van der Waals surface area contributed by atoms with Crippen molar-refractivity contribution in [1.82, 2.24) is 34.5 Å². The summed E-state index contributed by atoms with van der Waals surface area (Å²) in [6, 6.07) is 11.8. The van der Waals surface area contributed by atoms with Crippen LogP contribution in [0.4, 0.5) is 0 Å². The fraction of sp³-hybridized carbons (Fsp3) is 0.250. The molecule has 0 saturated heterocycles. The second-order valence-electron chi connectivity index (χ2n) is 7.11. The van der Waals surface area contributed by atoms with Gasteiger partial charge < -0.3 is 4.90 Å². The van der Waals surface area contributed by atoms with Crippen LogP contribution in [0.5, 0.6) is 0 Å². The molecule has 5 rings (SSSR count). The van der Waals surface area contributed by atoms with Crippen LogP contribution >= 0.6 is 15.9 Å². The first-order valence-corrected chi connectivity index (χ1v) is 10.1. The van der Waals surface area contributed by atoms with Crippen molar-refractivity contribution < 1.29 is 4.79 Å². The average Bonchev–Trinajstić information content (AvgIpc) is 3.31. The predicted molar refractivity (Wildman–Crippen MR) is 110 cm³/mol. The molecule has 3 aromatic heterocycles. The van der Waals surface area contributed by atoms with Crippen LogP contribution in [0.2, 0.25) is 0 Å². The molecule has 1 aliphatic rings. The minimum Gasteiger partial charge on any atom is -0.330 e. The third-order valence-electron chi connectivity index (χ3n) is 5.33. The summed E-state index contributed by atoms with van der Waals surface area (Å²) in [4.78, 5) is 21.4. The Morgan fingerprint density at radius 3 is 2.83 bits per heavy atom. The molecule has 1 amide bonds. The SMILES string of the molecule is C[C@@H]1c2ccccc2CCN1C(=O)c1cc(-c2cnn(C)n2)n2nc(Br)cc2n1. The molecular weight excluding hydrogens is 434 g/mol. The van der Waals surface area contributed by atoms with E-state index in [0.29, 0.717) is 33.9 Å². The van der Waals surface area contributed by atoms with E-state index in [-0.39, 0.29) is 11.9 Å². The Bertz CT molecular complexity index is 1240. The minimum atomic E-state index is -0.100. The fourth-order valence-corrected chi connectivity index (χ4v) is 4.26. The lowest BCUT2D eigenvalue weighted by Gasteiger charge is -2.35. The Hall–Kier alpha value is -3.07. The summed E-state index contributed by atoms with van der Waals surface area (Å²) >= 11 is 3.39. The third-order valence-corrected chi connectivity index (χ3v) is 5.72. The Balaban J connectivity index is 1.59. The van der Waals surface area contributed by atoms with Crippen LogP contribution < -0.4 is 0 Å². The number of carbonyl (C=O) groups excluding carboxylic acids is 1. The van der Waals surface area contributed by atoms with Gasteiger partial charge in [-0.15, -0.1) is 0 Å². The number of hydrogen-bond acceptors (Lipinski definition) is 5. The van der Waals surface area contributed by atoms with E-state index in [0.717, 1.165) is 6.42 Å². The van der Waals surface area contributed by atoms with E-state index in [2.05, 4.69) is 55.3 Å². The van der Waals surface area contributed by atoms with Gasteiger partial charge in [-0.05, 0) is 46.5 Å². The second-order valence-corrected chi connectivity index (χ2v) is 7.92. The molecule has 0 unspecified atom stereocenters. The van der Waals surface area contributed by atoms with Crippen molar-refractivity contribution in [2.45, 2.75) is 19.4 Å². The molecule has 1 atom stereocenters. The van der Waals surface area contributed by atoms with Crippen LogP contribution in [0.15, 0.2) is 47.2 Å². The van der Waals surface area contributed by atoms with Crippen LogP contribution in [0.1, 0.15) is 34.6 Å². The van der Waals surface area contributed by atoms with Gasteiger partial charge in [-0.1, -0.05) is 24.3 Å². The summed E-state index contributed by atoms with van der Waals surface area (Å²) in [5, 5.41) is 12.9. The Kier molecular flexibility index (Phi) is 4.20. The van der Waals surface area contributed by atoms with Gasteiger partial charge in [0, 0.05) is 19.7 Å². The Labute approximate surface area is 175 Å². The number of nitrogens with zero attached hydrogens (tertiary/aromatic N) is 7. The van der Waals surface area contributed by atoms with Crippen LogP contribution in [-0.2, 0) is 13.5 Å². The van der Waals surface area contributed by atoms with Gasteiger partial charge in [-0.2, -0.15) is 20.1 Å². The quantitative estimate of drug-likeness (QED) is 0.467. The van der Waals surface area contributed by atoms with Gasteiger partial charge in [-0.3, -0.25) is 4.79 Å². The Morgan fingerprint density at radius 2 is 2.03 bits per heavy atom. The van der Waals surface area contributed by atoms with Gasteiger partial charge in [-0.25, -0.2) is 9.50 Å². The van der Waals surface area contributed by atoms with Crippen molar-refractivity contribution >= 4 is 27.5 Å². The number of aromatic nitrogens is 6. The normalized spacial score (nSPS) is 16.2. The summed E-state index contributed by atoms with van der Waals surface area (Å²) in [7, 11) is 1.75. The monoisotopic (exact) mass is 451 g/mol. The molecule has 1 aromatic carbocycles. The molecule has 8 nitrogen and oxygen atoms in total. The first kappa shape index (κ1) is 18.0. The van der Waals surface area contributed by atoms with Gasteiger partial charge >= 0.3 is 0 Å². The highest BCUT2D eigenvalue weighted by Crippen LogP contribution is 2.31. The standard InChI is InChI=1S/C20H18BrN7O/c1-12-14-6-4-3-5-13(14)7-8-27(12)20(29)15-9-17(16-11-22-26(2)24-16)28-19(23-15)10-18(21)25-28/h3-6,9-12H,7-8H2,1-2H3/t12-/m1/s1. The predicted octanol–water partition coefficient (Wildman–Crippen LogP) is 3.05. The van der Waals surface area contributed by atoms with Crippen LogP contribution in [-0.4, -0.2) is 46.9 Å². The van der Waals surface area contributed by atoms with Crippen molar-refractivity contribution in [3.63, 3.8) is 0 Å². The van der Waals surface area contributed by atoms with Crippen molar-refractivity contribution in [2.75, 3.05) is 6.54 Å². The maximum Gasteiger partial charge on any atom is 0.273 e. The van der Waals surface area contributed by atoms with Crippen molar-refractivity contribution in [2.24, 2.45) is 7.05 Å². The van der Waals surface area contributed by atoms with Gasteiger partial charge in [0.15, 0.2) is 5.65 Å². The molecule has 0 saturated carbocycles.